The number of aliphatic imine (C=N–C) groups is 2. The van der Waals surface area contributed by atoms with Crippen molar-refractivity contribution >= 4 is 23.4 Å². The van der Waals surface area contributed by atoms with Crippen LogP contribution in [-0.2, 0) is 19.1 Å². The molecule has 0 saturated carbocycles. The summed E-state index contributed by atoms with van der Waals surface area (Å²) in [7, 11) is 0. The lowest BCUT2D eigenvalue weighted by Gasteiger charge is -2.28. The van der Waals surface area contributed by atoms with Gasteiger partial charge in [-0.2, -0.15) is 0 Å². The molecule has 0 aromatic heterocycles. The Kier molecular flexibility index (Phi) is 10.3. The highest BCUT2D eigenvalue weighted by Gasteiger charge is 2.40. The van der Waals surface area contributed by atoms with Crippen LogP contribution in [0.3, 0.4) is 0 Å². The Hall–Kier alpha value is -4.84. The second-order valence-corrected chi connectivity index (χ2v) is 12.4. The first-order valence-corrected chi connectivity index (χ1v) is 14.7. The van der Waals surface area contributed by atoms with Gasteiger partial charge in [0.2, 0.25) is 0 Å². The first-order valence-electron chi connectivity index (χ1n) is 14.7. The van der Waals surface area contributed by atoms with Gasteiger partial charge in [-0.05, 0) is 41.5 Å². The van der Waals surface area contributed by atoms with Gasteiger partial charge in [-0.1, -0.05) is 121 Å². The van der Waals surface area contributed by atoms with Gasteiger partial charge in [-0.3, -0.25) is 9.98 Å². The third kappa shape index (κ3) is 9.08. The summed E-state index contributed by atoms with van der Waals surface area (Å²) in [6, 6.07) is 35.5. The molecule has 0 heterocycles. The van der Waals surface area contributed by atoms with Crippen LogP contribution in [0.25, 0.3) is 0 Å². The van der Waals surface area contributed by atoms with Gasteiger partial charge in [0.25, 0.3) is 0 Å². The zero-order valence-electron chi connectivity index (χ0n) is 26.2. The van der Waals surface area contributed by atoms with E-state index in [0.717, 1.165) is 22.3 Å². The van der Waals surface area contributed by atoms with Gasteiger partial charge in [0.15, 0.2) is 12.1 Å². The van der Waals surface area contributed by atoms with E-state index in [-0.39, 0.29) is 0 Å². The first-order chi connectivity index (χ1) is 20.9. The third-order valence-electron chi connectivity index (χ3n) is 6.32. The molecular formula is C38H40N2O4. The Morgan fingerprint density at radius 2 is 0.682 bits per heavy atom. The van der Waals surface area contributed by atoms with Crippen LogP contribution in [0.5, 0.6) is 0 Å². The minimum atomic E-state index is -1.36. The molecule has 0 amide bonds. The number of esters is 2. The van der Waals surface area contributed by atoms with E-state index in [1.165, 1.54) is 0 Å². The number of benzene rings is 4. The van der Waals surface area contributed by atoms with Crippen molar-refractivity contribution in [2.75, 3.05) is 0 Å². The summed E-state index contributed by atoms with van der Waals surface area (Å²) in [6.07, 6.45) is 0. The fraction of sp³-hybridized carbons (Fsp3) is 0.263. The molecule has 6 heteroatoms. The van der Waals surface area contributed by atoms with Crippen molar-refractivity contribution < 1.29 is 19.1 Å². The Bertz CT molecular complexity index is 1380. The van der Waals surface area contributed by atoms with E-state index >= 15 is 0 Å². The predicted octanol–water partition coefficient (Wildman–Crippen LogP) is 7.48. The number of hydrogen-bond donors (Lipinski definition) is 0. The minimum Gasteiger partial charge on any atom is -0.458 e. The number of ether oxygens (including phenoxy) is 2. The van der Waals surface area contributed by atoms with Crippen molar-refractivity contribution in [1.82, 2.24) is 0 Å². The van der Waals surface area contributed by atoms with E-state index in [2.05, 4.69) is 0 Å². The number of carbonyl (C=O) groups excluding carboxylic acids is 2. The molecule has 4 aromatic rings. The smallest absolute Gasteiger partial charge is 0.334 e. The molecular weight excluding hydrogens is 548 g/mol. The topological polar surface area (TPSA) is 77.3 Å². The molecule has 6 nitrogen and oxygen atoms in total. The van der Waals surface area contributed by atoms with Gasteiger partial charge < -0.3 is 9.47 Å². The zero-order valence-corrected chi connectivity index (χ0v) is 26.2. The highest BCUT2D eigenvalue weighted by Crippen LogP contribution is 2.23. The Morgan fingerprint density at radius 1 is 0.455 bits per heavy atom. The Labute approximate surface area is 260 Å². The van der Waals surface area contributed by atoms with Crippen molar-refractivity contribution in [3.8, 4) is 0 Å². The summed E-state index contributed by atoms with van der Waals surface area (Å²) in [5, 5.41) is 0. The Balaban J connectivity index is 2.02. The van der Waals surface area contributed by atoms with E-state index in [0.29, 0.717) is 11.4 Å². The first kappa shape index (κ1) is 32.1. The monoisotopic (exact) mass is 588 g/mol. The summed E-state index contributed by atoms with van der Waals surface area (Å²) in [4.78, 5) is 38.3. The lowest BCUT2D eigenvalue weighted by Crippen LogP contribution is -2.45. The van der Waals surface area contributed by atoms with Crippen LogP contribution in [0, 0.1) is 0 Å². The maximum Gasteiger partial charge on any atom is 0.334 e. The quantitative estimate of drug-likeness (QED) is 0.150. The van der Waals surface area contributed by atoms with Crippen LogP contribution in [0.2, 0.25) is 0 Å². The van der Waals surface area contributed by atoms with Crippen molar-refractivity contribution in [3.63, 3.8) is 0 Å². The molecule has 0 unspecified atom stereocenters. The van der Waals surface area contributed by atoms with Gasteiger partial charge in [-0.25, -0.2) is 9.59 Å². The highest BCUT2D eigenvalue weighted by atomic mass is 16.6. The third-order valence-corrected chi connectivity index (χ3v) is 6.32. The molecule has 44 heavy (non-hydrogen) atoms. The van der Waals surface area contributed by atoms with Crippen LogP contribution >= 0.6 is 0 Å². The van der Waals surface area contributed by atoms with Crippen molar-refractivity contribution in [2.24, 2.45) is 9.98 Å². The van der Waals surface area contributed by atoms with Crippen LogP contribution in [-0.4, -0.2) is 46.6 Å². The minimum absolute atomic E-state index is 0.534. The fourth-order valence-corrected chi connectivity index (χ4v) is 4.52. The largest absolute Gasteiger partial charge is 0.458 e. The molecule has 2 atom stereocenters. The van der Waals surface area contributed by atoms with E-state index in [1.807, 2.05) is 121 Å². The molecule has 0 aliphatic carbocycles. The lowest BCUT2D eigenvalue weighted by atomic mass is 9.99. The average molecular weight is 589 g/mol. The molecule has 0 aliphatic heterocycles. The van der Waals surface area contributed by atoms with Crippen LogP contribution in [0.4, 0.5) is 0 Å². The van der Waals surface area contributed by atoms with Crippen molar-refractivity contribution in [1.29, 1.82) is 0 Å². The molecule has 0 saturated heterocycles. The van der Waals surface area contributed by atoms with E-state index in [1.54, 1.807) is 41.5 Å². The summed E-state index contributed by atoms with van der Waals surface area (Å²) in [5.41, 5.74) is 2.52. The van der Waals surface area contributed by atoms with Gasteiger partial charge in [0, 0.05) is 22.3 Å². The van der Waals surface area contributed by atoms with E-state index in [4.69, 9.17) is 19.5 Å². The molecule has 0 radical (unpaired) electrons. The standard InChI is InChI=1S/C38H40N2O4/c1-37(2,3)43-35(41)33(39-31(27-19-11-7-12-20-27)28-21-13-8-14-22-28)34(36(42)44-38(4,5)6)40-32(29-23-15-9-16-24-29)30-25-17-10-18-26-30/h7-26,33-34H,1-6H3/t33-,34-/m1/s1. The van der Waals surface area contributed by atoms with Crippen molar-refractivity contribution in [2.45, 2.75) is 64.8 Å². The molecule has 0 fully saturated rings. The normalized spacial score (nSPS) is 12.8. The summed E-state index contributed by atoms with van der Waals surface area (Å²) < 4.78 is 11.8. The molecule has 4 aromatic carbocycles. The van der Waals surface area contributed by atoms with Crippen LogP contribution < -0.4 is 0 Å². The number of nitrogens with zero attached hydrogens (tertiary/aromatic N) is 2. The maximum absolute atomic E-state index is 14.1. The molecule has 226 valence electrons. The second-order valence-electron chi connectivity index (χ2n) is 12.4. The van der Waals surface area contributed by atoms with Gasteiger partial charge in [-0.15, -0.1) is 0 Å². The maximum atomic E-state index is 14.1. The van der Waals surface area contributed by atoms with Gasteiger partial charge in [0.1, 0.15) is 11.2 Å². The number of carbonyl (C=O) groups is 2. The van der Waals surface area contributed by atoms with Gasteiger partial charge in [0.05, 0.1) is 11.4 Å². The predicted molar refractivity (Wildman–Crippen MR) is 176 cm³/mol. The van der Waals surface area contributed by atoms with E-state index in [9.17, 15) is 9.59 Å². The van der Waals surface area contributed by atoms with Crippen molar-refractivity contribution in [3.05, 3.63) is 144 Å². The molecule has 0 aliphatic rings. The number of hydrogen-bond acceptors (Lipinski definition) is 6. The number of rotatable bonds is 9. The van der Waals surface area contributed by atoms with Crippen LogP contribution in [0.1, 0.15) is 63.8 Å². The lowest BCUT2D eigenvalue weighted by molar-refractivity contribution is -0.165. The fourth-order valence-electron chi connectivity index (χ4n) is 4.52. The molecule has 4 rings (SSSR count). The second kappa shape index (κ2) is 14.1. The highest BCUT2D eigenvalue weighted by molar-refractivity contribution is 6.15. The average Bonchev–Trinajstić information content (AvgIpc) is 2.99. The van der Waals surface area contributed by atoms with Crippen LogP contribution in [0.15, 0.2) is 131 Å². The summed E-state index contributed by atoms with van der Waals surface area (Å²) >= 11 is 0. The zero-order chi connectivity index (χ0) is 31.7. The summed E-state index contributed by atoms with van der Waals surface area (Å²) in [5.74, 6) is -1.36. The molecule has 0 N–H and O–H groups in total. The molecule has 0 bridgehead atoms. The molecule has 0 spiro atoms. The van der Waals surface area contributed by atoms with Gasteiger partial charge >= 0.3 is 11.9 Å². The SMILES string of the molecule is CC(C)(C)OC(=O)[C@H](N=C(c1ccccc1)c1ccccc1)[C@@H](N=C(c1ccccc1)c1ccccc1)C(=O)OC(C)(C)C. The Morgan fingerprint density at radius 3 is 0.886 bits per heavy atom. The summed E-state index contributed by atoms with van der Waals surface area (Å²) in [6.45, 7) is 10.7. The van der Waals surface area contributed by atoms with E-state index < -0.39 is 35.2 Å².